The van der Waals surface area contributed by atoms with Crippen molar-refractivity contribution >= 4 is 21.9 Å². The maximum Gasteiger partial charge on any atom is 0.125 e. The van der Waals surface area contributed by atoms with E-state index in [1.165, 1.54) is 12.1 Å². The predicted octanol–water partition coefficient (Wildman–Crippen LogP) is 4.80. The van der Waals surface area contributed by atoms with Crippen LogP contribution in [0.25, 0.3) is 33.1 Å². The quantitative estimate of drug-likeness (QED) is 0.559. The highest BCUT2D eigenvalue weighted by atomic mass is 19.1. The molecule has 4 rings (SSSR count). The molecule has 110 valence electrons. The average molecular weight is 293 g/mol. The SMILES string of the molecule is CCCc1nc2ccc(-c3c[nH]c4cc(F)ccc34)cc2[nH]1. The van der Waals surface area contributed by atoms with Crippen molar-refractivity contribution in [1.29, 1.82) is 0 Å². The number of nitrogens with one attached hydrogen (secondary N) is 2. The molecular formula is C18H16FN3. The lowest BCUT2D eigenvalue weighted by Gasteiger charge is -2.00. The number of aromatic amines is 2. The zero-order valence-electron chi connectivity index (χ0n) is 12.3. The van der Waals surface area contributed by atoms with E-state index in [9.17, 15) is 4.39 Å². The normalized spacial score (nSPS) is 11.5. The highest BCUT2D eigenvalue weighted by Crippen LogP contribution is 2.30. The second-order valence-electron chi connectivity index (χ2n) is 5.56. The largest absolute Gasteiger partial charge is 0.360 e. The number of hydrogen-bond donors (Lipinski definition) is 2. The molecule has 0 spiro atoms. The van der Waals surface area contributed by atoms with E-state index in [1.54, 1.807) is 0 Å². The molecule has 0 amide bonds. The summed E-state index contributed by atoms with van der Waals surface area (Å²) < 4.78 is 13.3. The van der Waals surface area contributed by atoms with Crippen LogP contribution in [0.3, 0.4) is 0 Å². The van der Waals surface area contributed by atoms with Gasteiger partial charge in [0.1, 0.15) is 11.6 Å². The average Bonchev–Trinajstić information content (AvgIpc) is 3.09. The van der Waals surface area contributed by atoms with Gasteiger partial charge in [-0.2, -0.15) is 0 Å². The zero-order chi connectivity index (χ0) is 15.1. The van der Waals surface area contributed by atoms with Crippen LogP contribution in [-0.2, 0) is 6.42 Å². The van der Waals surface area contributed by atoms with Gasteiger partial charge in [0, 0.05) is 29.1 Å². The Balaban J connectivity index is 1.85. The van der Waals surface area contributed by atoms with Crippen molar-refractivity contribution in [3.8, 4) is 11.1 Å². The predicted molar refractivity (Wildman–Crippen MR) is 87.3 cm³/mol. The molecular weight excluding hydrogens is 277 g/mol. The first kappa shape index (κ1) is 13.1. The first-order chi connectivity index (χ1) is 10.7. The first-order valence-electron chi connectivity index (χ1n) is 7.50. The summed E-state index contributed by atoms with van der Waals surface area (Å²) in [6, 6.07) is 11.0. The van der Waals surface area contributed by atoms with Gasteiger partial charge in [0.2, 0.25) is 0 Å². The number of nitrogens with zero attached hydrogens (tertiary/aromatic N) is 1. The van der Waals surface area contributed by atoms with Crippen LogP contribution >= 0.6 is 0 Å². The molecule has 0 bridgehead atoms. The third-order valence-corrected chi connectivity index (χ3v) is 3.97. The van der Waals surface area contributed by atoms with Crippen molar-refractivity contribution in [2.75, 3.05) is 0 Å². The topological polar surface area (TPSA) is 44.5 Å². The smallest absolute Gasteiger partial charge is 0.125 e. The Morgan fingerprint density at radius 1 is 1.09 bits per heavy atom. The molecule has 3 nitrogen and oxygen atoms in total. The Bertz CT molecular complexity index is 965. The van der Waals surface area contributed by atoms with Gasteiger partial charge in [0.25, 0.3) is 0 Å². The first-order valence-corrected chi connectivity index (χ1v) is 7.50. The van der Waals surface area contributed by atoms with E-state index in [0.29, 0.717) is 0 Å². The van der Waals surface area contributed by atoms with Crippen LogP contribution in [0.15, 0.2) is 42.6 Å². The summed E-state index contributed by atoms with van der Waals surface area (Å²) >= 11 is 0. The maximum absolute atomic E-state index is 13.3. The lowest BCUT2D eigenvalue weighted by molar-refractivity contribution is 0.629. The van der Waals surface area contributed by atoms with Gasteiger partial charge in [-0.25, -0.2) is 9.37 Å². The number of rotatable bonds is 3. The van der Waals surface area contributed by atoms with Crippen LogP contribution in [-0.4, -0.2) is 15.0 Å². The van der Waals surface area contributed by atoms with Crippen molar-refractivity contribution in [1.82, 2.24) is 15.0 Å². The highest BCUT2D eigenvalue weighted by Gasteiger charge is 2.09. The summed E-state index contributed by atoms with van der Waals surface area (Å²) in [6.45, 7) is 2.14. The number of imidazole rings is 1. The molecule has 0 radical (unpaired) electrons. The molecule has 2 aromatic heterocycles. The molecule has 0 saturated heterocycles. The third kappa shape index (κ3) is 2.08. The highest BCUT2D eigenvalue weighted by molar-refractivity contribution is 5.97. The fourth-order valence-corrected chi connectivity index (χ4v) is 2.92. The minimum absolute atomic E-state index is 0.228. The van der Waals surface area contributed by atoms with Gasteiger partial charge in [0.05, 0.1) is 11.0 Å². The Labute approximate surface area is 127 Å². The second kappa shape index (κ2) is 4.98. The molecule has 2 aromatic carbocycles. The summed E-state index contributed by atoms with van der Waals surface area (Å²) in [4.78, 5) is 11.1. The third-order valence-electron chi connectivity index (χ3n) is 3.97. The molecule has 0 aliphatic carbocycles. The second-order valence-corrected chi connectivity index (χ2v) is 5.56. The van der Waals surface area contributed by atoms with E-state index < -0.39 is 0 Å². The molecule has 22 heavy (non-hydrogen) atoms. The van der Waals surface area contributed by atoms with E-state index in [2.05, 4.69) is 34.0 Å². The number of fused-ring (bicyclic) bond motifs is 2. The van der Waals surface area contributed by atoms with E-state index in [1.807, 2.05) is 18.3 Å². The van der Waals surface area contributed by atoms with Gasteiger partial charge in [-0.15, -0.1) is 0 Å². The molecule has 2 heterocycles. The Hall–Kier alpha value is -2.62. The van der Waals surface area contributed by atoms with Crippen molar-refractivity contribution in [3.63, 3.8) is 0 Å². The molecule has 2 N–H and O–H groups in total. The lowest BCUT2D eigenvalue weighted by atomic mass is 10.0. The van der Waals surface area contributed by atoms with E-state index >= 15 is 0 Å². The molecule has 0 aliphatic rings. The van der Waals surface area contributed by atoms with Gasteiger partial charge in [0.15, 0.2) is 0 Å². The van der Waals surface area contributed by atoms with Crippen LogP contribution in [0.1, 0.15) is 19.2 Å². The maximum atomic E-state index is 13.3. The van der Waals surface area contributed by atoms with Crippen molar-refractivity contribution in [2.45, 2.75) is 19.8 Å². The summed E-state index contributed by atoms with van der Waals surface area (Å²) in [5.74, 6) is 0.796. The monoisotopic (exact) mass is 293 g/mol. The zero-order valence-corrected chi connectivity index (χ0v) is 12.3. The van der Waals surface area contributed by atoms with Crippen molar-refractivity contribution in [2.24, 2.45) is 0 Å². The summed E-state index contributed by atoms with van der Waals surface area (Å²) in [7, 11) is 0. The number of H-pyrrole nitrogens is 2. The van der Waals surface area contributed by atoms with E-state index in [0.717, 1.165) is 51.7 Å². The summed E-state index contributed by atoms with van der Waals surface area (Å²) in [6.07, 6.45) is 3.95. The number of halogens is 1. The fraction of sp³-hybridized carbons (Fsp3) is 0.167. The number of hydrogen-bond acceptors (Lipinski definition) is 1. The molecule has 0 aliphatic heterocycles. The molecule has 0 unspecified atom stereocenters. The lowest BCUT2D eigenvalue weighted by Crippen LogP contribution is -1.83. The molecule has 0 saturated carbocycles. The minimum Gasteiger partial charge on any atom is -0.360 e. The van der Waals surface area contributed by atoms with Crippen molar-refractivity contribution in [3.05, 3.63) is 54.2 Å². The van der Waals surface area contributed by atoms with Crippen LogP contribution < -0.4 is 0 Å². The van der Waals surface area contributed by atoms with Crippen molar-refractivity contribution < 1.29 is 4.39 Å². The van der Waals surface area contributed by atoms with Crippen LogP contribution in [0.4, 0.5) is 4.39 Å². The minimum atomic E-state index is -0.228. The fourth-order valence-electron chi connectivity index (χ4n) is 2.92. The van der Waals surface area contributed by atoms with Gasteiger partial charge in [-0.3, -0.25) is 0 Å². The van der Waals surface area contributed by atoms with Gasteiger partial charge in [-0.05, 0) is 42.3 Å². The Morgan fingerprint density at radius 2 is 2.00 bits per heavy atom. The van der Waals surface area contributed by atoms with Gasteiger partial charge in [-0.1, -0.05) is 13.0 Å². The molecule has 0 atom stereocenters. The standard InChI is InChI=1S/C18H16FN3/c1-2-3-18-21-15-7-4-11(8-17(15)22-18)14-10-20-16-9-12(19)5-6-13(14)16/h4-10,20H,2-3H2,1H3,(H,21,22). The van der Waals surface area contributed by atoms with Gasteiger partial charge < -0.3 is 9.97 Å². The number of aryl methyl sites for hydroxylation is 1. The molecule has 0 fully saturated rings. The van der Waals surface area contributed by atoms with Crippen LogP contribution in [0.5, 0.6) is 0 Å². The van der Waals surface area contributed by atoms with Crippen LogP contribution in [0.2, 0.25) is 0 Å². The summed E-state index contributed by atoms with van der Waals surface area (Å²) in [5, 5.41) is 1.02. The Morgan fingerprint density at radius 3 is 2.86 bits per heavy atom. The summed E-state index contributed by atoms with van der Waals surface area (Å²) in [5.41, 5.74) is 5.00. The molecule has 4 aromatic rings. The van der Waals surface area contributed by atoms with Crippen LogP contribution in [0, 0.1) is 5.82 Å². The van der Waals surface area contributed by atoms with E-state index in [-0.39, 0.29) is 5.82 Å². The van der Waals surface area contributed by atoms with Gasteiger partial charge >= 0.3 is 0 Å². The number of benzene rings is 2. The van der Waals surface area contributed by atoms with E-state index in [4.69, 9.17) is 0 Å². The number of aromatic nitrogens is 3. The molecule has 4 heteroatoms. The Kier molecular flexibility index (Phi) is 2.96.